The number of hydrogen-bond acceptors (Lipinski definition) is 1. The molecule has 0 aromatic heterocycles. The predicted molar refractivity (Wildman–Crippen MR) is 71.6 cm³/mol. The first kappa shape index (κ1) is 14.0. The molecule has 2 aromatic carbocycles. The summed E-state index contributed by atoms with van der Waals surface area (Å²) >= 11 is 0. The molecule has 2 N–H and O–H groups in total. The Morgan fingerprint density at radius 3 is 1.50 bits per heavy atom. The molecule has 0 spiro atoms. The number of nitrogens with zero attached hydrogens (tertiary/aromatic N) is 1. The summed E-state index contributed by atoms with van der Waals surface area (Å²) in [6, 6.07) is 11.1. The van der Waals surface area contributed by atoms with Crippen LogP contribution in [0.1, 0.15) is 11.1 Å². The maximum atomic E-state index is 12.8. The number of rotatable bonds is 4. The van der Waals surface area contributed by atoms with E-state index in [1.54, 1.807) is 24.3 Å². The zero-order valence-electron chi connectivity index (χ0n) is 10.7. The molecular formula is C15H14F2N2O. The molecule has 0 bridgehead atoms. The molecule has 0 fully saturated rings. The molecule has 5 heteroatoms. The highest BCUT2D eigenvalue weighted by Gasteiger charge is 2.11. The molecule has 20 heavy (non-hydrogen) atoms. The molecule has 0 aliphatic carbocycles. The highest BCUT2D eigenvalue weighted by Crippen LogP contribution is 2.11. The third-order valence-corrected chi connectivity index (χ3v) is 2.89. The SMILES string of the molecule is NC(=O)N(Cc1ccc(F)cc1)Cc1ccc(F)cc1. The van der Waals surface area contributed by atoms with Crippen molar-refractivity contribution in [2.45, 2.75) is 13.1 Å². The molecular weight excluding hydrogens is 262 g/mol. The van der Waals surface area contributed by atoms with Crippen LogP contribution in [-0.4, -0.2) is 10.9 Å². The lowest BCUT2D eigenvalue weighted by atomic mass is 10.1. The molecule has 0 aliphatic rings. The summed E-state index contributed by atoms with van der Waals surface area (Å²) in [5, 5.41) is 0. The number of benzene rings is 2. The molecule has 104 valence electrons. The fraction of sp³-hybridized carbons (Fsp3) is 0.133. The number of carbonyl (C=O) groups excluding carboxylic acids is 1. The van der Waals surface area contributed by atoms with Gasteiger partial charge < -0.3 is 10.6 Å². The summed E-state index contributed by atoms with van der Waals surface area (Å²) in [5.41, 5.74) is 6.87. The Hall–Kier alpha value is -2.43. The first-order valence-corrected chi connectivity index (χ1v) is 6.08. The first-order valence-electron chi connectivity index (χ1n) is 6.08. The van der Waals surface area contributed by atoms with Crippen LogP contribution in [0.25, 0.3) is 0 Å². The van der Waals surface area contributed by atoms with E-state index in [0.29, 0.717) is 0 Å². The second-order valence-electron chi connectivity index (χ2n) is 4.45. The number of carbonyl (C=O) groups is 1. The fourth-order valence-corrected chi connectivity index (χ4v) is 1.83. The average Bonchev–Trinajstić information content (AvgIpc) is 2.42. The van der Waals surface area contributed by atoms with Crippen LogP contribution in [0, 0.1) is 11.6 Å². The highest BCUT2D eigenvalue weighted by atomic mass is 19.1. The molecule has 0 saturated heterocycles. The van der Waals surface area contributed by atoms with Gasteiger partial charge in [-0.15, -0.1) is 0 Å². The van der Waals surface area contributed by atoms with E-state index < -0.39 is 6.03 Å². The molecule has 0 atom stereocenters. The third-order valence-electron chi connectivity index (χ3n) is 2.89. The standard InChI is InChI=1S/C15H14F2N2O/c16-13-5-1-11(2-6-13)9-19(15(18)20)10-12-3-7-14(17)8-4-12/h1-8H,9-10H2,(H2,18,20). The lowest BCUT2D eigenvalue weighted by molar-refractivity contribution is 0.202. The van der Waals surface area contributed by atoms with Gasteiger partial charge in [-0.1, -0.05) is 24.3 Å². The van der Waals surface area contributed by atoms with Crippen molar-refractivity contribution in [1.29, 1.82) is 0 Å². The number of halogens is 2. The second-order valence-corrected chi connectivity index (χ2v) is 4.45. The quantitative estimate of drug-likeness (QED) is 0.916. The zero-order chi connectivity index (χ0) is 14.5. The summed E-state index contributed by atoms with van der Waals surface area (Å²) in [7, 11) is 0. The van der Waals surface area contributed by atoms with Gasteiger partial charge in [-0.25, -0.2) is 13.6 Å². The topological polar surface area (TPSA) is 46.3 Å². The largest absolute Gasteiger partial charge is 0.351 e. The minimum atomic E-state index is -0.585. The summed E-state index contributed by atoms with van der Waals surface area (Å²) in [5.74, 6) is -0.671. The second kappa shape index (κ2) is 6.14. The van der Waals surface area contributed by atoms with Crippen LogP contribution in [-0.2, 0) is 13.1 Å². The molecule has 0 aliphatic heterocycles. The number of nitrogens with two attached hydrogens (primary N) is 1. The summed E-state index contributed by atoms with van der Waals surface area (Å²) in [4.78, 5) is 12.8. The summed E-state index contributed by atoms with van der Waals surface area (Å²) in [6.45, 7) is 0.542. The summed E-state index contributed by atoms with van der Waals surface area (Å²) < 4.78 is 25.7. The number of primary amides is 1. The van der Waals surface area contributed by atoms with Crippen LogP contribution < -0.4 is 5.73 Å². The monoisotopic (exact) mass is 276 g/mol. The van der Waals surface area contributed by atoms with Crippen molar-refractivity contribution in [3.8, 4) is 0 Å². The van der Waals surface area contributed by atoms with Crippen LogP contribution in [0.2, 0.25) is 0 Å². The van der Waals surface area contributed by atoms with E-state index >= 15 is 0 Å². The van der Waals surface area contributed by atoms with Crippen molar-refractivity contribution in [3.63, 3.8) is 0 Å². The van der Waals surface area contributed by atoms with E-state index in [0.717, 1.165) is 11.1 Å². The van der Waals surface area contributed by atoms with Gasteiger partial charge in [0.1, 0.15) is 11.6 Å². The van der Waals surface area contributed by atoms with Gasteiger partial charge in [0, 0.05) is 13.1 Å². The Morgan fingerprint density at radius 2 is 1.20 bits per heavy atom. The molecule has 0 radical (unpaired) electrons. The minimum absolute atomic E-state index is 0.271. The van der Waals surface area contributed by atoms with Crippen molar-refractivity contribution in [3.05, 3.63) is 71.3 Å². The normalized spacial score (nSPS) is 10.3. The lowest BCUT2D eigenvalue weighted by Gasteiger charge is -2.20. The van der Waals surface area contributed by atoms with Gasteiger partial charge in [-0.2, -0.15) is 0 Å². The van der Waals surface area contributed by atoms with Crippen molar-refractivity contribution in [2.75, 3.05) is 0 Å². The molecule has 2 amide bonds. The van der Waals surface area contributed by atoms with Crippen LogP contribution in [0.5, 0.6) is 0 Å². The van der Waals surface area contributed by atoms with Crippen LogP contribution in [0.15, 0.2) is 48.5 Å². The molecule has 2 rings (SSSR count). The van der Waals surface area contributed by atoms with Crippen molar-refractivity contribution >= 4 is 6.03 Å². The van der Waals surface area contributed by atoms with E-state index in [9.17, 15) is 13.6 Å². The van der Waals surface area contributed by atoms with E-state index in [1.807, 2.05) is 0 Å². The lowest BCUT2D eigenvalue weighted by Crippen LogP contribution is -2.34. The number of hydrogen-bond donors (Lipinski definition) is 1. The van der Waals surface area contributed by atoms with Gasteiger partial charge in [-0.3, -0.25) is 0 Å². The molecule has 0 heterocycles. The van der Waals surface area contributed by atoms with Gasteiger partial charge in [0.25, 0.3) is 0 Å². The fourth-order valence-electron chi connectivity index (χ4n) is 1.83. The first-order chi connectivity index (χ1) is 9.54. The smallest absolute Gasteiger partial charge is 0.315 e. The molecule has 0 unspecified atom stereocenters. The van der Waals surface area contributed by atoms with Gasteiger partial charge in [0.05, 0.1) is 0 Å². The van der Waals surface area contributed by atoms with Crippen LogP contribution >= 0.6 is 0 Å². The minimum Gasteiger partial charge on any atom is -0.351 e. The number of urea groups is 1. The third kappa shape index (κ3) is 3.78. The maximum absolute atomic E-state index is 12.8. The van der Waals surface area contributed by atoms with Gasteiger partial charge >= 0.3 is 6.03 Å². The predicted octanol–water partition coefficient (Wildman–Crippen LogP) is 3.05. The van der Waals surface area contributed by atoms with Crippen molar-refractivity contribution in [2.24, 2.45) is 5.73 Å². The van der Waals surface area contributed by atoms with Gasteiger partial charge in [0.15, 0.2) is 0 Å². The highest BCUT2D eigenvalue weighted by molar-refractivity contribution is 5.72. The van der Waals surface area contributed by atoms with E-state index in [-0.39, 0.29) is 24.7 Å². The Balaban J connectivity index is 2.09. The van der Waals surface area contributed by atoms with Gasteiger partial charge in [0.2, 0.25) is 0 Å². The number of amides is 2. The Morgan fingerprint density at radius 1 is 0.850 bits per heavy atom. The Kier molecular flexibility index (Phi) is 4.30. The van der Waals surface area contributed by atoms with E-state index in [1.165, 1.54) is 29.2 Å². The van der Waals surface area contributed by atoms with E-state index in [4.69, 9.17) is 5.73 Å². The van der Waals surface area contributed by atoms with Crippen LogP contribution in [0.3, 0.4) is 0 Å². The molecule has 2 aromatic rings. The van der Waals surface area contributed by atoms with E-state index in [2.05, 4.69) is 0 Å². The van der Waals surface area contributed by atoms with Gasteiger partial charge in [-0.05, 0) is 35.4 Å². The average molecular weight is 276 g/mol. The van der Waals surface area contributed by atoms with Crippen LogP contribution in [0.4, 0.5) is 13.6 Å². The molecule has 0 saturated carbocycles. The van der Waals surface area contributed by atoms with Crippen molar-refractivity contribution in [1.82, 2.24) is 4.90 Å². The van der Waals surface area contributed by atoms with Crippen molar-refractivity contribution < 1.29 is 13.6 Å². The maximum Gasteiger partial charge on any atom is 0.315 e. The zero-order valence-corrected chi connectivity index (χ0v) is 10.7. The Labute approximate surface area is 115 Å². The Bertz CT molecular complexity index is 534. The molecule has 3 nitrogen and oxygen atoms in total. The summed E-state index contributed by atoms with van der Waals surface area (Å²) in [6.07, 6.45) is 0.